The Morgan fingerprint density at radius 1 is 1.42 bits per heavy atom. The Morgan fingerprint density at radius 2 is 2.21 bits per heavy atom. The molecule has 0 aromatic carbocycles. The number of allylic oxidation sites excluding steroid dienone is 3. The van der Waals surface area contributed by atoms with Gasteiger partial charge < -0.3 is 4.74 Å². The Labute approximate surface area is 143 Å². The van der Waals surface area contributed by atoms with E-state index < -0.39 is 11.9 Å². The molecule has 1 aliphatic carbocycles. The molecule has 2 amide bonds. The van der Waals surface area contributed by atoms with E-state index in [-0.39, 0.29) is 35.7 Å². The molecule has 7 heteroatoms. The summed E-state index contributed by atoms with van der Waals surface area (Å²) in [7, 11) is 0. The monoisotopic (exact) mass is 346 g/mol. The predicted molar refractivity (Wildman–Crippen MR) is 86.1 cm³/mol. The standard InChI is InChI=1S/C17H15ClN2O4/c1-2-24-17(23)14-13(18)8-7-10(19-14)9-20-15(21)11-5-3-4-6-12(11)16(20)22/h3-5,7-8,12H,2,6,9H2,1H3. The first-order valence-corrected chi connectivity index (χ1v) is 7.95. The zero-order valence-electron chi connectivity index (χ0n) is 13.0. The molecule has 1 saturated heterocycles. The molecule has 6 nitrogen and oxygen atoms in total. The molecule has 1 fully saturated rings. The Kier molecular flexibility index (Phi) is 4.49. The number of fused-ring (bicyclic) bond motifs is 1. The van der Waals surface area contributed by atoms with Gasteiger partial charge in [0.2, 0.25) is 5.91 Å². The molecule has 1 atom stereocenters. The number of nitrogens with zero attached hydrogens (tertiary/aromatic N) is 2. The number of amides is 2. The van der Waals surface area contributed by atoms with Crippen LogP contribution >= 0.6 is 11.6 Å². The Hall–Kier alpha value is -2.47. The van der Waals surface area contributed by atoms with Crippen LogP contribution in [-0.2, 0) is 20.9 Å². The average molecular weight is 347 g/mol. The van der Waals surface area contributed by atoms with Crippen molar-refractivity contribution < 1.29 is 19.1 Å². The van der Waals surface area contributed by atoms with Crippen molar-refractivity contribution in [3.8, 4) is 0 Å². The molecular weight excluding hydrogens is 332 g/mol. The molecule has 3 rings (SSSR count). The fourth-order valence-corrected chi connectivity index (χ4v) is 2.94. The zero-order valence-corrected chi connectivity index (χ0v) is 13.7. The van der Waals surface area contributed by atoms with Gasteiger partial charge in [-0.05, 0) is 25.5 Å². The topological polar surface area (TPSA) is 76.6 Å². The minimum Gasteiger partial charge on any atom is -0.461 e. The van der Waals surface area contributed by atoms with Gasteiger partial charge in [0.05, 0.1) is 29.8 Å². The molecule has 1 aliphatic heterocycles. The molecule has 0 spiro atoms. The summed E-state index contributed by atoms with van der Waals surface area (Å²) in [5.74, 6) is -1.61. The smallest absolute Gasteiger partial charge is 0.358 e. The lowest BCUT2D eigenvalue weighted by Crippen LogP contribution is -2.30. The van der Waals surface area contributed by atoms with Crippen molar-refractivity contribution >= 4 is 29.4 Å². The largest absolute Gasteiger partial charge is 0.461 e. The SMILES string of the molecule is CCOC(=O)c1nc(CN2C(=O)C3=CC=CCC3C2=O)ccc1Cl. The number of hydrogen-bond acceptors (Lipinski definition) is 5. The number of esters is 1. The third-order valence-corrected chi connectivity index (χ3v) is 4.21. The summed E-state index contributed by atoms with van der Waals surface area (Å²) in [6.07, 6.45) is 5.84. The Balaban J connectivity index is 1.84. The van der Waals surface area contributed by atoms with Crippen molar-refractivity contribution in [3.63, 3.8) is 0 Å². The van der Waals surface area contributed by atoms with Crippen LogP contribution in [0.25, 0.3) is 0 Å². The number of imide groups is 1. The normalized spacial score (nSPS) is 19.3. The van der Waals surface area contributed by atoms with Gasteiger partial charge in [0.1, 0.15) is 0 Å². The van der Waals surface area contributed by atoms with Crippen molar-refractivity contribution in [1.82, 2.24) is 9.88 Å². The third-order valence-electron chi connectivity index (χ3n) is 3.91. The van der Waals surface area contributed by atoms with Crippen molar-refractivity contribution in [3.05, 3.63) is 52.3 Å². The summed E-state index contributed by atoms with van der Waals surface area (Å²) in [5.41, 5.74) is 0.881. The van der Waals surface area contributed by atoms with E-state index in [1.807, 2.05) is 6.08 Å². The van der Waals surface area contributed by atoms with E-state index in [1.54, 1.807) is 25.1 Å². The number of halogens is 1. The number of carbonyl (C=O) groups excluding carboxylic acids is 3. The van der Waals surface area contributed by atoms with Crippen LogP contribution in [0.4, 0.5) is 0 Å². The van der Waals surface area contributed by atoms with Crippen LogP contribution in [0.3, 0.4) is 0 Å². The summed E-state index contributed by atoms with van der Waals surface area (Å²) >= 11 is 5.97. The van der Waals surface area contributed by atoms with Gasteiger partial charge in [-0.1, -0.05) is 29.8 Å². The van der Waals surface area contributed by atoms with Crippen LogP contribution < -0.4 is 0 Å². The third kappa shape index (κ3) is 2.85. The quantitative estimate of drug-likeness (QED) is 0.617. The number of hydrogen-bond donors (Lipinski definition) is 0. The minimum atomic E-state index is -0.635. The number of pyridine rings is 1. The molecule has 24 heavy (non-hydrogen) atoms. The molecule has 1 aromatic rings. The maximum atomic E-state index is 12.4. The van der Waals surface area contributed by atoms with Crippen molar-refractivity contribution in [1.29, 1.82) is 0 Å². The van der Waals surface area contributed by atoms with Crippen LogP contribution in [0.1, 0.15) is 29.5 Å². The number of rotatable bonds is 4. The number of carbonyl (C=O) groups is 3. The van der Waals surface area contributed by atoms with Gasteiger partial charge in [-0.2, -0.15) is 0 Å². The molecule has 0 radical (unpaired) electrons. The van der Waals surface area contributed by atoms with Crippen LogP contribution in [0.2, 0.25) is 5.02 Å². The Bertz CT molecular complexity index is 785. The fourth-order valence-electron chi connectivity index (χ4n) is 2.75. The lowest BCUT2D eigenvalue weighted by Gasteiger charge is -2.14. The van der Waals surface area contributed by atoms with E-state index in [9.17, 15) is 14.4 Å². The lowest BCUT2D eigenvalue weighted by molar-refractivity contribution is -0.139. The summed E-state index contributed by atoms with van der Waals surface area (Å²) in [5, 5.41) is 0.164. The maximum Gasteiger partial charge on any atom is 0.358 e. The first-order valence-electron chi connectivity index (χ1n) is 7.58. The molecule has 0 N–H and O–H groups in total. The molecule has 0 saturated carbocycles. The van der Waals surface area contributed by atoms with Gasteiger partial charge in [-0.3, -0.25) is 14.5 Å². The molecule has 2 heterocycles. The van der Waals surface area contributed by atoms with E-state index >= 15 is 0 Å². The number of ether oxygens (including phenoxy) is 1. The number of likely N-dealkylation sites (tertiary alicyclic amines) is 1. The fraction of sp³-hybridized carbons (Fsp3) is 0.294. The average Bonchev–Trinajstić information content (AvgIpc) is 2.82. The Morgan fingerprint density at radius 3 is 2.92 bits per heavy atom. The van der Waals surface area contributed by atoms with Crippen molar-refractivity contribution in [2.75, 3.05) is 6.61 Å². The van der Waals surface area contributed by atoms with Gasteiger partial charge in [0.15, 0.2) is 5.69 Å². The highest BCUT2D eigenvalue weighted by Crippen LogP contribution is 2.32. The molecule has 1 aromatic heterocycles. The van der Waals surface area contributed by atoms with Gasteiger partial charge in [-0.15, -0.1) is 0 Å². The van der Waals surface area contributed by atoms with E-state index in [4.69, 9.17) is 16.3 Å². The highest BCUT2D eigenvalue weighted by Gasteiger charge is 2.43. The van der Waals surface area contributed by atoms with Crippen LogP contribution in [0, 0.1) is 5.92 Å². The highest BCUT2D eigenvalue weighted by molar-refractivity contribution is 6.33. The molecule has 124 valence electrons. The van der Waals surface area contributed by atoms with E-state index in [1.165, 1.54) is 6.07 Å². The molecule has 0 bridgehead atoms. The molecule has 1 unspecified atom stereocenters. The van der Waals surface area contributed by atoms with Crippen molar-refractivity contribution in [2.24, 2.45) is 5.92 Å². The van der Waals surface area contributed by atoms with Crippen molar-refractivity contribution in [2.45, 2.75) is 19.9 Å². The second-order valence-electron chi connectivity index (χ2n) is 5.42. The second-order valence-corrected chi connectivity index (χ2v) is 5.83. The first kappa shape index (κ1) is 16.4. The van der Waals surface area contributed by atoms with Gasteiger partial charge in [0, 0.05) is 5.57 Å². The molecular formula is C17H15ClN2O4. The summed E-state index contributed by atoms with van der Waals surface area (Å²) < 4.78 is 4.90. The molecule has 2 aliphatic rings. The predicted octanol–water partition coefficient (Wildman–Crippen LogP) is 2.28. The van der Waals surface area contributed by atoms with E-state index in [0.717, 1.165) is 4.90 Å². The summed E-state index contributed by atoms with van der Waals surface area (Å²) in [6, 6.07) is 3.09. The minimum absolute atomic E-state index is 0.00488. The van der Waals surface area contributed by atoms with Crippen LogP contribution in [0.15, 0.2) is 35.9 Å². The zero-order chi connectivity index (χ0) is 17.3. The summed E-state index contributed by atoms with van der Waals surface area (Å²) in [6.45, 7) is 1.88. The first-order chi connectivity index (χ1) is 11.5. The van der Waals surface area contributed by atoms with Gasteiger partial charge in [0.25, 0.3) is 5.91 Å². The maximum absolute atomic E-state index is 12.4. The van der Waals surface area contributed by atoms with Gasteiger partial charge in [-0.25, -0.2) is 9.78 Å². The van der Waals surface area contributed by atoms with Crippen LogP contribution in [-0.4, -0.2) is 34.3 Å². The van der Waals surface area contributed by atoms with Gasteiger partial charge >= 0.3 is 5.97 Å². The second kappa shape index (κ2) is 6.57. The van der Waals surface area contributed by atoms with E-state index in [0.29, 0.717) is 17.7 Å². The summed E-state index contributed by atoms with van der Waals surface area (Å²) in [4.78, 5) is 42.0. The van der Waals surface area contributed by atoms with Crippen LogP contribution in [0.5, 0.6) is 0 Å². The highest BCUT2D eigenvalue weighted by atomic mass is 35.5. The number of aromatic nitrogens is 1. The van der Waals surface area contributed by atoms with E-state index in [2.05, 4.69) is 4.98 Å². The lowest BCUT2D eigenvalue weighted by atomic mass is 9.94.